The maximum Gasteiger partial charge on any atom is 0.307 e. The Morgan fingerprint density at radius 1 is 1.10 bits per heavy atom. The summed E-state index contributed by atoms with van der Waals surface area (Å²) in [7, 11) is 3.04. The Bertz CT molecular complexity index is 901. The van der Waals surface area contributed by atoms with Gasteiger partial charge in [0.05, 0.1) is 32.7 Å². The minimum atomic E-state index is -0.292. The van der Waals surface area contributed by atoms with Gasteiger partial charge >= 0.3 is 5.97 Å². The molecule has 0 amide bonds. The van der Waals surface area contributed by atoms with E-state index < -0.39 is 0 Å². The van der Waals surface area contributed by atoms with Gasteiger partial charge in [-0.15, -0.1) is 0 Å². The van der Waals surface area contributed by atoms with Crippen LogP contribution < -0.4 is 9.47 Å². The number of ether oxygens (including phenoxy) is 3. The fourth-order valence-electron chi connectivity index (χ4n) is 3.58. The molecule has 1 saturated carbocycles. The number of carbonyl (C=O) groups excluding carboxylic acids is 1. The zero-order valence-corrected chi connectivity index (χ0v) is 17.4. The van der Waals surface area contributed by atoms with E-state index in [1.807, 2.05) is 49.4 Å². The largest absolute Gasteiger partial charge is 0.493 e. The summed E-state index contributed by atoms with van der Waals surface area (Å²) in [6.07, 6.45) is 4.92. The van der Waals surface area contributed by atoms with E-state index in [9.17, 15) is 4.79 Å². The predicted molar refractivity (Wildman–Crippen MR) is 113 cm³/mol. The lowest BCUT2D eigenvalue weighted by atomic mass is 9.95. The molecule has 0 heterocycles. The Kier molecular flexibility index (Phi) is 7.19. The molecule has 2 aromatic carbocycles. The van der Waals surface area contributed by atoms with E-state index in [0.717, 1.165) is 29.5 Å². The second-order valence-electron chi connectivity index (χ2n) is 7.41. The molecule has 2 aromatic rings. The van der Waals surface area contributed by atoms with E-state index in [2.05, 4.69) is 11.8 Å². The van der Waals surface area contributed by atoms with Crippen molar-refractivity contribution in [1.29, 1.82) is 0 Å². The lowest BCUT2D eigenvalue weighted by Crippen LogP contribution is -2.12. The van der Waals surface area contributed by atoms with Crippen molar-refractivity contribution in [3.63, 3.8) is 0 Å². The van der Waals surface area contributed by atoms with Gasteiger partial charge in [-0.1, -0.05) is 30.0 Å². The van der Waals surface area contributed by atoms with Crippen molar-refractivity contribution in [1.82, 2.24) is 0 Å². The normalized spacial score (nSPS) is 14.6. The van der Waals surface area contributed by atoms with Crippen LogP contribution in [0.25, 0.3) is 0 Å². The zero-order valence-electron chi connectivity index (χ0n) is 17.4. The highest BCUT2D eigenvalue weighted by atomic mass is 16.5. The molecule has 3 rings (SSSR count). The van der Waals surface area contributed by atoms with Crippen LogP contribution in [0.4, 0.5) is 0 Å². The zero-order chi connectivity index (χ0) is 20.6. The number of hydrogen-bond acceptors (Lipinski definition) is 4. The summed E-state index contributed by atoms with van der Waals surface area (Å²) in [5.74, 6) is 7.29. The molecule has 1 aliphatic carbocycles. The summed E-state index contributed by atoms with van der Waals surface area (Å²) >= 11 is 0. The Labute approximate surface area is 173 Å². The molecule has 0 bridgehead atoms. The molecule has 29 heavy (non-hydrogen) atoms. The summed E-state index contributed by atoms with van der Waals surface area (Å²) in [6, 6.07) is 13.8. The lowest BCUT2D eigenvalue weighted by molar-refractivity contribution is -0.140. The second kappa shape index (κ2) is 10.0. The number of hydrogen-bond donors (Lipinski definition) is 0. The average molecular weight is 392 g/mol. The summed E-state index contributed by atoms with van der Waals surface area (Å²) < 4.78 is 16.6. The third-order valence-corrected chi connectivity index (χ3v) is 5.19. The van der Waals surface area contributed by atoms with Crippen LogP contribution in [0.3, 0.4) is 0 Å². The van der Waals surface area contributed by atoms with Gasteiger partial charge in [-0.3, -0.25) is 4.79 Å². The highest BCUT2D eigenvalue weighted by molar-refractivity contribution is 5.71. The average Bonchev–Trinajstić information content (AvgIpc) is 3.24. The Morgan fingerprint density at radius 3 is 2.59 bits per heavy atom. The van der Waals surface area contributed by atoms with Gasteiger partial charge in [-0.2, -0.15) is 0 Å². The highest BCUT2D eigenvalue weighted by Crippen LogP contribution is 2.35. The first-order valence-corrected chi connectivity index (χ1v) is 10.1. The molecule has 1 unspecified atom stereocenters. The van der Waals surface area contributed by atoms with Crippen molar-refractivity contribution in [3.05, 3.63) is 59.2 Å². The van der Waals surface area contributed by atoms with Gasteiger partial charge in [-0.25, -0.2) is 0 Å². The first-order valence-electron chi connectivity index (χ1n) is 10.1. The SMILES string of the molecule is COC(=O)CC(C#Cc1cccc(C)c1)c1ccc(OC)c(OC2CCCC2)c1. The van der Waals surface area contributed by atoms with Crippen LogP contribution in [0.5, 0.6) is 11.5 Å². The van der Waals surface area contributed by atoms with Gasteiger partial charge < -0.3 is 14.2 Å². The summed E-state index contributed by atoms with van der Waals surface area (Å²) in [4.78, 5) is 12.0. The number of esters is 1. The van der Waals surface area contributed by atoms with E-state index in [-0.39, 0.29) is 24.4 Å². The molecule has 0 radical (unpaired) electrons. The summed E-state index contributed by atoms with van der Waals surface area (Å²) in [6.45, 7) is 2.03. The van der Waals surface area contributed by atoms with Crippen LogP contribution >= 0.6 is 0 Å². The van der Waals surface area contributed by atoms with Crippen molar-refractivity contribution >= 4 is 5.97 Å². The monoisotopic (exact) mass is 392 g/mol. The van der Waals surface area contributed by atoms with Gasteiger partial charge in [0, 0.05) is 5.56 Å². The molecule has 1 fully saturated rings. The molecule has 0 N–H and O–H groups in total. The molecule has 0 aromatic heterocycles. The van der Waals surface area contributed by atoms with Crippen LogP contribution in [-0.4, -0.2) is 26.3 Å². The minimum absolute atomic E-state index is 0.185. The fraction of sp³-hybridized carbons (Fsp3) is 0.400. The maximum absolute atomic E-state index is 12.0. The quantitative estimate of drug-likeness (QED) is 0.511. The number of methoxy groups -OCH3 is 2. The van der Waals surface area contributed by atoms with E-state index in [1.165, 1.54) is 20.0 Å². The van der Waals surface area contributed by atoms with Crippen LogP contribution in [0.15, 0.2) is 42.5 Å². The van der Waals surface area contributed by atoms with Crippen LogP contribution in [-0.2, 0) is 9.53 Å². The molecule has 1 aliphatic rings. The lowest BCUT2D eigenvalue weighted by Gasteiger charge is -2.18. The third-order valence-electron chi connectivity index (χ3n) is 5.19. The first kappa shape index (κ1) is 20.8. The molecule has 4 nitrogen and oxygen atoms in total. The minimum Gasteiger partial charge on any atom is -0.493 e. The van der Waals surface area contributed by atoms with Crippen molar-refractivity contribution in [2.45, 2.75) is 51.0 Å². The highest BCUT2D eigenvalue weighted by Gasteiger charge is 2.21. The van der Waals surface area contributed by atoms with Gasteiger partial charge in [0.1, 0.15) is 0 Å². The molecule has 1 atom stereocenters. The predicted octanol–water partition coefficient (Wildman–Crippen LogP) is 5.02. The topological polar surface area (TPSA) is 44.8 Å². The Balaban J connectivity index is 1.91. The van der Waals surface area contributed by atoms with Gasteiger partial charge in [0.25, 0.3) is 0 Å². The molecule has 152 valence electrons. The third kappa shape index (κ3) is 5.77. The van der Waals surface area contributed by atoms with E-state index >= 15 is 0 Å². The molecule has 4 heteroatoms. The van der Waals surface area contributed by atoms with E-state index in [0.29, 0.717) is 11.5 Å². The van der Waals surface area contributed by atoms with Crippen LogP contribution in [0, 0.1) is 18.8 Å². The fourth-order valence-corrected chi connectivity index (χ4v) is 3.58. The number of carbonyl (C=O) groups is 1. The molecular weight excluding hydrogens is 364 g/mol. The Morgan fingerprint density at radius 2 is 1.90 bits per heavy atom. The van der Waals surface area contributed by atoms with Crippen LogP contribution in [0.2, 0.25) is 0 Å². The van der Waals surface area contributed by atoms with Crippen molar-refractivity contribution in [3.8, 4) is 23.3 Å². The summed E-state index contributed by atoms with van der Waals surface area (Å²) in [5.41, 5.74) is 3.00. The molecule has 0 saturated heterocycles. The number of aryl methyl sites for hydroxylation is 1. The molecule has 0 spiro atoms. The van der Waals surface area contributed by atoms with Crippen molar-refractivity contribution in [2.24, 2.45) is 0 Å². The van der Waals surface area contributed by atoms with Gasteiger partial charge in [0.2, 0.25) is 0 Å². The smallest absolute Gasteiger partial charge is 0.307 e. The molecule has 0 aliphatic heterocycles. The van der Waals surface area contributed by atoms with Crippen molar-refractivity contribution < 1.29 is 19.0 Å². The van der Waals surface area contributed by atoms with Gasteiger partial charge in [-0.05, 0) is 68.0 Å². The maximum atomic E-state index is 12.0. The van der Waals surface area contributed by atoms with Gasteiger partial charge in [0.15, 0.2) is 11.5 Å². The summed E-state index contributed by atoms with van der Waals surface area (Å²) in [5, 5.41) is 0. The van der Waals surface area contributed by atoms with E-state index in [4.69, 9.17) is 14.2 Å². The number of benzene rings is 2. The van der Waals surface area contributed by atoms with E-state index in [1.54, 1.807) is 7.11 Å². The van der Waals surface area contributed by atoms with Crippen molar-refractivity contribution in [2.75, 3.05) is 14.2 Å². The first-order chi connectivity index (χ1) is 14.1. The standard InChI is InChI=1S/C25H28O4/c1-18-7-6-8-19(15-18)11-12-21(17-25(26)28-3)20-13-14-23(27-2)24(16-20)29-22-9-4-5-10-22/h6-8,13-16,21-22H,4-5,9-10,17H2,1-3H3. The number of rotatable bonds is 6. The van der Waals surface area contributed by atoms with Crippen LogP contribution in [0.1, 0.15) is 54.7 Å². The second-order valence-corrected chi connectivity index (χ2v) is 7.41. The molecular formula is C25H28O4. The Hall–Kier alpha value is -2.93.